The molecule has 0 saturated carbocycles. The fourth-order valence-corrected chi connectivity index (χ4v) is 4.56. The first kappa shape index (κ1) is 31.9. The van der Waals surface area contributed by atoms with Crippen LogP contribution in [-0.2, 0) is 19.0 Å². The molecule has 0 aliphatic heterocycles. The van der Waals surface area contributed by atoms with Gasteiger partial charge in [0.25, 0.3) is 10.1 Å². The summed E-state index contributed by atoms with van der Waals surface area (Å²) in [6, 6.07) is 0. The third-order valence-corrected chi connectivity index (χ3v) is 6.81. The van der Waals surface area contributed by atoms with E-state index in [1.165, 1.54) is 109 Å². The Hall–Kier alpha value is -0.130. The lowest BCUT2D eigenvalue weighted by atomic mass is 10.0. The highest BCUT2D eigenvalue weighted by Crippen LogP contribution is 2.16. The molecule has 0 aliphatic carbocycles. The van der Waals surface area contributed by atoms with Crippen LogP contribution >= 0.6 is 0 Å². The molecule has 4 nitrogen and oxygen atoms in total. The fourth-order valence-electron chi connectivity index (χ4n) is 4.16. The molecule has 1 atom stereocenters. The fraction of sp³-hybridized carbons (Fsp3) is 1.00. The molecule has 1 unspecified atom stereocenters. The van der Waals surface area contributed by atoms with E-state index in [1.54, 1.807) is 0 Å². The molecule has 0 fully saturated rings. The van der Waals surface area contributed by atoms with Gasteiger partial charge in [0.2, 0.25) is 0 Å². The van der Waals surface area contributed by atoms with Crippen LogP contribution in [0.15, 0.2) is 0 Å². The summed E-state index contributed by atoms with van der Waals surface area (Å²) in [4.78, 5) is 0. The molecule has 0 saturated heterocycles. The molecule has 5 heteroatoms. The first-order chi connectivity index (χ1) is 15.5. The van der Waals surface area contributed by atoms with Crippen LogP contribution in [0, 0.1) is 0 Å². The lowest BCUT2D eigenvalue weighted by Gasteiger charge is -2.18. The summed E-state index contributed by atoms with van der Waals surface area (Å²) in [7, 11) is -3.36. The van der Waals surface area contributed by atoms with Crippen molar-refractivity contribution in [1.29, 1.82) is 0 Å². The Balaban J connectivity index is 3.83. The molecule has 0 aromatic rings. The van der Waals surface area contributed by atoms with Gasteiger partial charge in [0.1, 0.15) is 0 Å². The van der Waals surface area contributed by atoms with Gasteiger partial charge >= 0.3 is 0 Å². The van der Waals surface area contributed by atoms with Crippen LogP contribution in [0.2, 0.25) is 0 Å². The Bertz CT molecular complexity index is 464. The van der Waals surface area contributed by atoms with Gasteiger partial charge in [-0.25, -0.2) is 0 Å². The minimum atomic E-state index is -3.36. The van der Waals surface area contributed by atoms with Gasteiger partial charge in [-0.05, 0) is 19.3 Å². The molecule has 0 amide bonds. The van der Waals surface area contributed by atoms with Gasteiger partial charge in [-0.1, -0.05) is 129 Å². The highest BCUT2D eigenvalue weighted by atomic mass is 32.2. The van der Waals surface area contributed by atoms with Gasteiger partial charge in [0.15, 0.2) is 0 Å². The lowest BCUT2D eigenvalue weighted by molar-refractivity contribution is 0.0294. The van der Waals surface area contributed by atoms with Crippen LogP contribution in [0.25, 0.3) is 0 Å². The van der Waals surface area contributed by atoms with Gasteiger partial charge in [0, 0.05) is 6.61 Å². The molecular formula is C27H56O4S. The van der Waals surface area contributed by atoms with Gasteiger partial charge in [-0.15, -0.1) is 0 Å². The van der Waals surface area contributed by atoms with Crippen LogP contribution < -0.4 is 0 Å². The SMILES string of the molecule is CCCCCCCCCCCCOC(CCCCCCCCCCC)CCOS(C)(=O)=O. The largest absolute Gasteiger partial charge is 0.378 e. The zero-order chi connectivity index (χ0) is 23.8. The average molecular weight is 477 g/mol. The normalized spacial score (nSPS) is 13.0. The molecule has 0 N–H and O–H groups in total. The van der Waals surface area contributed by atoms with Crippen LogP contribution in [0.4, 0.5) is 0 Å². The van der Waals surface area contributed by atoms with Gasteiger partial charge in [-0.2, -0.15) is 8.42 Å². The molecule has 194 valence electrons. The minimum absolute atomic E-state index is 0.125. The molecular weight excluding hydrogens is 420 g/mol. The van der Waals surface area contributed by atoms with Crippen molar-refractivity contribution in [3.05, 3.63) is 0 Å². The second kappa shape index (κ2) is 24.0. The third kappa shape index (κ3) is 26.1. The van der Waals surface area contributed by atoms with Crippen molar-refractivity contribution in [3.63, 3.8) is 0 Å². The van der Waals surface area contributed by atoms with E-state index < -0.39 is 10.1 Å². The molecule has 0 aromatic heterocycles. The van der Waals surface area contributed by atoms with E-state index in [4.69, 9.17) is 8.92 Å². The Labute approximate surface area is 201 Å². The summed E-state index contributed by atoms with van der Waals surface area (Å²) < 4.78 is 33.5. The molecule has 0 bridgehead atoms. The summed E-state index contributed by atoms with van der Waals surface area (Å²) in [6.45, 7) is 5.55. The first-order valence-corrected chi connectivity index (χ1v) is 15.8. The summed E-state index contributed by atoms with van der Waals surface area (Å²) in [5, 5.41) is 0. The quantitative estimate of drug-likeness (QED) is 0.0926. The molecule has 0 aliphatic rings. The maximum absolute atomic E-state index is 11.2. The molecule has 0 aromatic carbocycles. The number of hydrogen-bond donors (Lipinski definition) is 0. The second-order valence-corrected chi connectivity index (χ2v) is 11.3. The highest BCUT2D eigenvalue weighted by Gasteiger charge is 2.11. The van der Waals surface area contributed by atoms with Crippen LogP contribution in [0.1, 0.15) is 149 Å². The van der Waals surface area contributed by atoms with Crippen molar-refractivity contribution in [2.24, 2.45) is 0 Å². The Morgan fingerprint density at radius 1 is 0.531 bits per heavy atom. The van der Waals surface area contributed by atoms with Crippen LogP contribution in [-0.4, -0.2) is 34.0 Å². The van der Waals surface area contributed by atoms with Crippen molar-refractivity contribution in [3.8, 4) is 0 Å². The number of ether oxygens (including phenoxy) is 1. The number of hydrogen-bond acceptors (Lipinski definition) is 4. The molecule has 0 radical (unpaired) electrons. The van der Waals surface area contributed by atoms with Crippen molar-refractivity contribution in [2.45, 2.75) is 155 Å². The maximum Gasteiger partial charge on any atom is 0.264 e. The molecule has 32 heavy (non-hydrogen) atoms. The summed E-state index contributed by atoms with van der Waals surface area (Å²) >= 11 is 0. The predicted molar refractivity (Wildman–Crippen MR) is 139 cm³/mol. The van der Waals surface area contributed by atoms with Crippen molar-refractivity contribution in [2.75, 3.05) is 19.5 Å². The average Bonchev–Trinajstić information content (AvgIpc) is 2.75. The monoisotopic (exact) mass is 476 g/mol. The van der Waals surface area contributed by atoms with Crippen LogP contribution in [0.5, 0.6) is 0 Å². The summed E-state index contributed by atoms with van der Waals surface area (Å²) in [5.41, 5.74) is 0. The second-order valence-electron chi connectivity index (χ2n) is 9.61. The Morgan fingerprint density at radius 2 is 0.938 bits per heavy atom. The van der Waals surface area contributed by atoms with Gasteiger partial charge in [0.05, 0.1) is 19.0 Å². The topological polar surface area (TPSA) is 52.6 Å². The first-order valence-electron chi connectivity index (χ1n) is 14.0. The zero-order valence-electron chi connectivity index (χ0n) is 21.9. The Morgan fingerprint density at radius 3 is 1.38 bits per heavy atom. The number of rotatable bonds is 26. The van der Waals surface area contributed by atoms with Crippen molar-refractivity contribution >= 4 is 10.1 Å². The van der Waals surface area contributed by atoms with Crippen molar-refractivity contribution in [1.82, 2.24) is 0 Å². The lowest BCUT2D eigenvalue weighted by Crippen LogP contribution is -2.18. The maximum atomic E-state index is 11.2. The van der Waals surface area contributed by atoms with Crippen molar-refractivity contribution < 1.29 is 17.3 Å². The van der Waals surface area contributed by atoms with E-state index >= 15 is 0 Å². The number of unbranched alkanes of at least 4 members (excludes halogenated alkanes) is 17. The molecule has 0 spiro atoms. The standard InChI is InChI=1S/C27H56O4S/c1-4-6-8-10-12-14-16-18-20-22-25-30-27(24-26-31-32(3,28)29)23-21-19-17-15-13-11-9-7-5-2/h27H,4-26H2,1-3H3. The molecule has 0 heterocycles. The highest BCUT2D eigenvalue weighted by molar-refractivity contribution is 7.85. The van der Waals surface area contributed by atoms with Gasteiger partial charge in [-0.3, -0.25) is 4.18 Å². The van der Waals surface area contributed by atoms with Gasteiger partial charge < -0.3 is 4.74 Å². The predicted octanol–water partition coefficient (Wildman–Crippen LogP) is 8.58. The summed E-state index contributed by atoms with van der Waals surface area (Å²) in [5.74, 6) is 0. The van der Waals surface area contributed by atoms with Crippen LogP contribution in [0.3, 0.4) is 0 Å². The Kier molecular flexibility index (Phi) is 23.9. The summed E-state index contributed by atoms with van der Waals surface area (Å²) in [6.07, 6.45) is 28.0. The molecule has 0 rings (SSSR count). The minimum Gasteiger partial charge on any atom is -0.378 e. The smallest absolute Gasteiger partial charge is 0.264 e. The van der Waals surface area contributed by atoms with E-state index in [9.17, 15) is 8.42 Å². The van der Waals surface area contributed by atoms with E-state index in [-0.39, 0.29) is 12.7 Å². The van der Waals surface area contributed by atoms with E-state index in [1.807, 2.05) is 0 Å². The van der Waals surface area contributed by atoms with E-state index in [2.05, 4.69) is 13.8 Å². The van der Waals surface area contributed by atoms with E-state index in [0.717, 1.165) is 32.1 Å². The third-order valence-electron chi connectivity index (χ3n) is 6.22. The van der Waals surface area contributed by atoms with E-state index in [0.29, 0.717) is 6.42 Å². The zero-order valence-corrected chi connectivity index (χ0v) is 22.7.